The smallest absolute Gasteiger partial charge is 0.329 e. The molecule has 1 heterocycles. The van der Waals surface area contributed by atoms with Gasteiger partial charge in [-0.2, -0.15) is 5.26 Å². The molecule has 4 amide bonds. The highest BCUT2D eigenvalue weighted by atomic mass is 35.5. The third-order valence-corrected chi connectivity index (χ3v) is 5.95. The van der Waals surface area contributed by atoms with Crippen LogP contribution in [0.5, 0.6) is 11.5 Å². The molecule has 0 aromatic heterocycles. The Bertz CT molecular complexity index is 1480. The summed E-state index contributed by atoms with van der Waals surface area (Å²) in [4.78, 5) is 38.5. The van der Waals surface area contributed by atoms with Crippen molar-refractivity contribution in [2.75, 3.05) is 19.0 Å². The average Bonchev–Trinajstić information content (AvgIpc) is 3.16. The molecule has 4 rings (SSSR count). The van der Waals surface area contributed by atoms with Crippen molar-refractivity contribution in [1.82, 2.24) is 10.2 Å². The summed E-state index contributed by atoms with van der Waals surface area (Å²) in [6, 6.07) is 18.7. The van der Waals surface area contributed by atoms with Gasteiger partial charge in [-0.3, -0.25) is 9.59 Å². The van der Waals surface area contributed by atoms with Crippen LogP contribution in [0.25, 0.3) is 6.08 Å². The molecule has 10 heteroatoms. The van der Waals surface area contributed by atoms with E-state index in [-0.39, 0.29) is 23.1 Å². The van der Waals surface area contributed by atoms with Crippen LogP contribution in [0, 0.1) is 18.3 Å². The molecule has 0 spiro atoms. The lowest BCUT2D eigenvalue weighted by atomic mass is 10.1. The molecule has 192 valence electrons. The zero-order valence-corrected chi connectivity index (χ0v) is 21.3. The van der Waals surface area contributed by atoms with E-state index < -0.39 is 24.4 Å². The minimum absolute atomic E-state index is 0.0205. The zero-order valence-electron chi connectivity index (χ0n) is 20.6. The Morgan fingerprint density at radius 3 is 2.61 bits per heavy atom. The molecule has 0 saturated carbocycles. The highest BCUT2D eigenvalue weighted by molar-refractivity contribution is 6.32. The largest absolute Gasteiger partial charge is 0.493 e. The van der Waals surface area contributed by atoms with Gasteiger partial charge in [0, 0.05) is 11.3 Å². The number of urea groups is 1. The van der Waals surface area contributed by atoms with E-state index in [1.54, 1.807) is 48.5 Å². The predicted molar refractivity (Wildman–Crippen MR) is 142 cm³/mol. The van der Waals surface area contributed by atoms with E-state index in [0.717, 1.165) is 10.5 Å². The summed E-state index contributed by atoms with van der Waals surface area (Å²) in [6.07, 6.45) is 1.43. The molecule has 1 aliphatic heterocycles. The van der Waals surface area contributed by atoms with E-state index in [4.69, 9.17) is 21.1 Å². The van der Waals surface area contributed by atoms with Crippen LogP contribution in [0.15, 0.2) is 66.4 Å². The summed E-state index contributed by atoms with van der Waals surface area (Å²) in [5.41, 5.74) is 3.21. The molecule has 2 N–H and O–H groups in total. The van der Waals surface area contributed by atoms with E-state index in [9.17, 15) is 19.6 Å². The molecule has 0 unspecified atom stereocenters. The summed E-state index contributed by atoms with van der Waals surface area (Å²) in [5, 5.41) is 14.6. The molecular weight excluding hydrogens is 508 g/mol. The van der Waals surface area contributed by atoms with Crippen molar-refractivity contribution < 1.29 is 23.9 Å². The molecule has 1 fully saturated rings. The summed E-state index contributed by atoms with van der Waals surface area (Å²) in [7, 11) is 1.44. The van der Waals surface area contributed by atoms with Crippen molar-refractivity contribution in [3.05, 3.63) is 93.6 Å². The number of benzene rings is 3. The lowest BCUT2D eigenvalue weighted by molar-refractivity contribution is -0.127. The van der Waals surface area contributed by atoms with Crippen LogP contribution in [0.3, 0.4) is 0 Å². The van der Waals surface area contributed by atoms with Crippen molar-refractivity contribution in [3.8, 4) is 17.6 Å². The first-order chi connectivity index (χ1) is 18.3. The lowest BCUT2D eigenvalue weighted by Crippen LogP contribution is -2.38. The number of carbonyl (C=O) groups is 3. The lowest BCUT2D eigenvalue weighted by Gasteiger charge is -2.14. The average molecular weight is 531 g/mol. The maximum absolute atomic E-state index is 12.9. The SMILES string of the molecule is COc1cc(/C=C2/NC(=O)N(CC(=O)Nc3ccc(C)cc3)C2=O)cc(Cl)c1OCc1ccccc1C#N. The van der Waals surface area contributed by atoms with Gasteiger partial charge in [-0.1, -0.05) is 47.5 Å². The maximum Gasteiger partial charge on any atom is 0.329 e. The van der Waals surface area contributed by atoms with Crippen molar-refractivity contribution in [1.29, 1.82) is 5.26 Å². The van der Waals surface area contributed by atoms with Crippen LogP contribution in [0.1, 0.15) is 22.3 Å². The number of halogens is 1. The number of aryl methyl sites for hydroxylation is 1. The number of hydrogen-bond donors (Lipinski definition) is 2. The molecule has 38 heavy (non-hydrogen) atoms. The normalized spacial score (nSPS) is 13.7. The topological polar surface area (TPSA) is 121 Å². The van der Waals surface area contributed by atoms with Gasteiger partial charge in [-0.05, 0) is 48.9 Å². The first-order valence-electron chi connectivity index (χ1n) is 11.5. The van der Waals surface area contributed by atoms with E-state index in [2.05, 4.69) is 16.7 Å². The molecule has 1 aliphatic rings. The second-order valence-electron chi connectivity index (χ2n) is 8.39. The molecule has 0 bridgehead atoms. The number of carbonyl (C=O) groups excluding carboxylic acids is 3. The van der Waals surface area contributed by atoms with Gasteiger partial charge in [0.15, 0.2) is 11.5 Å². The number of ether oxygens (including phenoxy) is 2. The Kier molecular flexibility index (Phi) is 7.94. The fourth-order valence-electron chi connectivity index (χ4n) is 3.73. The molecular formula is C28H23ClN4O5. The summed E-state index contributed by atoms with van der Waals surface area (Å²) in [6.45, 7) is 1.57. The molecule has 3 aromatic carbocycles. The predicted octanol–water partition coefficient (Wildman–Crippen LogP) is 4.64. The minimum atomic E-state index is -0.713. The van der Waals surface area contributed by atoms with Gasteiger partial charge in [0.25, 0.3) is 5.91 Å². The first kappa shape index (κ1) is 26.3. The molecule has 0 radical (unpaired) electrons. The van der Waals surface area contributed by atoms with Crippen LogP contribution in [-0.2, 0) is 16.2 Å². The van der Waals surface area contributed by atoms with Crippen LogP contribution < -0.4 is 20.1 Å². The highest BCUT2D eigenvalue weighted by Crippen LogP contribution is 2.38. The Morgan fingerprint density at radius 2 is 1.89 bits per heavy atom. The quantitative estimate of drug-likeness (QED) is 0.323. The zero-order chi connectivity index (χ0) is 27.2. The molecule has 0 atom stereocenters. The van der Waals surface area contributed by atoms with E-state index in [1.807, 2.05) is 19.1 Å². The van der Waals surface area contributed by atoms with E-state index in [0.29, 0.717) is 28.1 Å². The van der Waals surface area contributed by atoms with Crippen LogP contribution >= 0.6 is 11.6 Å². The molecule has 9 nitrogen and oxygen atoms in total. The Labute approximate surface area is 224 Å². The summed E-state index contributed by atoms with van der Waals surface area (Å²) < 4.78 is 11.3. The Hall–Kier alpha value is -4.81. The number of amides is 4. The number of nitrogens with one attached hydrogen (secondary N) is 2. The third kappa shape index (κ3) is 5.94. The Balaban J connectivity index is 1.48. The van der Waals surface area contributed by atoms with Crippen LogP contribution in [0.4, 0.5) is 10.5 Å². The van der Waals surface area contributed by atoms with Crippen LogP contribution in [0.2, 0.25) is 5.02 Å². The Morgan fingerprint density at radius 1 is 1.16 bits per heavy atom. The first-order valence-corrected chi connectivity index (χ1v) is 11.9. The number of hydrogen-bond acceptors (Lipinski definition) is 6. The van der Waals surface area contributed by atoms with E-state index in [1.165, 1.54) is 13.2 Å². The van der Waals surface area contributed by atoms with Crippen molar-refractivity contribution in [2.45, 2.75) is 13.5 Å². The third-order valence-electron chi connectivity index (χ3n) is 5.67. The standard InChI is InChI=1S/C28H23ClN4O5/c1-17-7-9-21(10-8-17)31-25(34)15-33-27(35)23(32-28(33)36)12-18-11-22(29)26(24(13-18)37-2)38-16-20-6-4-3-5-19(20)14-30/h3-13H,15-16H2,1-2H3,(H,31,34)(H,32,36)/b23-12+. The van der Waals surface area contributed by atoms with Crippen LogP contribution in [-0.4, -0.2) is 36.4 Å². The van der Waals surface area contributed by atoms with Gasteiger partial charge in [0.2, 0.25) is 5.91 Å². The second kappa shape index (κ2) is 11.5. The van der Waals surface area contributed by atoms with E-state index >= 15 is 0 Å². The monoisotopic (exact) mass is 530 g/mol. The van der Waals surface area contributed by atoms with Gasteiger partial charge in [-0.15, -0.1) is 0 Å². The van der Waals surface area contributed by atoms with Crippen molar-refractivity contribution in [2.24, 2.45) is 0 Å². The fourth-order valence-corrected chi connectivity index (χ4v) is 4.00. The maximum atomic E-state index is 12.9. The fraction of sp³-hybridized carbons (Fsp3) is 0.143. The molecule has 0 aliphatic carbocycles. The van der Waals surface area contributed by atoms with Gasteiger partial charge in [-0.25, -0.2) is 9.69 Å². The number of nitrogens with zero attached hydrogens (tertiary/aromatic N) is 2. The summed E-state index contributed by atoms with van der Waals surface area (Å²) >= 11 is 6.45. The van der Waals surface area contributed by atoms with Gasteiger partial charge < -0.3 is 20.1 Å². The molecule has 1 saturated heterocycles. The number of rotatable bonds is 8. The summed E-state index contributed by atoms with van der Waals surface area (Å²) in [5.74, 6) is -0.606. The minimum Gasteiger partial charge on any atom is -0.493 e. The van der Waals surface area contributed by atoms with Gasteiger partial charge in [0.1, 0.15) is 18.8 Å². The van der Waals surface area contributed by atoms with Crippen molar-refractivity contribution in [3.63, 3.8) is 0 Å². The van der Waals surface area contributed by atoms with Crippen molar-refractivity contribution >= 4 is 41.2 Å². The number of methoxy groups -OCH3 is 1. The number of anilines is 1. The number of imide groups is 1. The second-order valence-corrected chi connectivity index (χ2v) is 8.79. The number of nitriles is 1. The molecule has 3 aromatic rings. The highest BCUT2D eigenvalue weighted by Gasteiger charge is 2.35. The van der Waals surface area contributed by atoms with Gasteiger partial charge in [0.05, 0.1) is 23.8 Å². The van der Waals surface area contributed by atoms with Gasteiger partial charge >= 0.3 is 6.03 Å².